The van der Waals surface area contributed by atoms with E-state index in [1.165, 1.54) is 18.4 Å². The van der Waals surface area contributed by atoms with Crippen molar-refractivity contribution in [1.82, 2.24) is 9.80 Å². The van der Waals surface area contributed by atoms with Gasteiger partial charge in [-0.25, -0.2) is 0 Å². The second-order valence-corrected chi connectivity index (χ2v) is 7.73. The second kappa shape index (κ2) is 10.4. The van der Waals surface area contributed by atoms with Crippen LogP contribution in [0.25, 0.3) is 0 Å². The summed E-state index contributed by atoms with van der Waals surface area (Å²) in [7, 11) is 3.85. The third-order valence-electron chi connectivity index (χ3n) is 5.08. The lowest BCUT2D eigenvalue weighted by molar-refractivity contribution is -0.126. The van der Waals surface area contributed by atoms with E-state index >= 15 is 0 Å². The molecular formula is C22H34N2O2. The zero-order valence-corrected chi connectivity index (χ0v) is 16.8. The van der Waals surface area contributed by atoms with Crippen LogP contribution >= 0.6 is 0 Å². The Balaban J connectivity index is 1.97. The lowest BCUT2D eigenvalue weighted by atomic mass is 9.96. The van der Waals surface area contributed by atoms with E-state index in [-0.39, 0.29) is 5.91 Å². The van der Waals surface area contributed by atoms with Gasteiger partial charge in [-0.05, 0) is 75.0 Å². The highest BCUT2D eigenvalue weighted by Crippen LogP contribution is 2.18. The summed E-state index contributed by atoms with van der Waals surface area (Å²) in [6.45, 7) is 8.09. The first-order valence-electron chi connectivity index (χ1n) is 9.76. The normalized spacial score (nSPS) is 16.3. The zero-order chi connectivity index (χ0) is 18.9. The van der Waals surface area contributed by atoms with Gasteiger partial charge in [0, 0.05) is 13.1 Å². The molecule has 0 bridgehead atoms. The van der Waals surface area contributed by atoms with Gasteiger partial charge in [-0.2, -0.15) is 0 Å². The number of rotatable bonds is 8. The Morgan fingerprint density at radius 2 is 1.92 bits per heavy atom. The molecule has 0 aliphatic carbocycles. The van der Waals surface area contributed by atoms with E-state index < -0.39 is 0 Å². The summed E-state index contributed by atoms with van der Waals surface area (Å²) in [4.78, 5) is 17.1. The van der Waals surface area contributed by atoms with Gasteiger partial charge in [-0.1, -0.05) is 32.1 Å². The van der Waals surface area contributed by atoms with Crippen LogP contribution in [0.4, 0.5) is 0 Å². The molecule has 1 aromatic carbocycles. The predicted molar refractivity (Wildman–Crippen MR) is 107 cm³/mol. The van der Waals surface area contributed by atoms with Crippen molar-refractivity contribution in [2.75, 3.05) is 40.3 Å². The summed E-state index contributed by atoms with van der Waals surface area (Å²) in [5.41, 5.74) is 1.24. The summed E-state index contributed by atoms with van der Waals surface area (Å²) in [6, 6.07) is 8.14. The lowest BCUT2D eigenvalue weighted by Crippen LogP contribution is -2.40. The van der Waals surface area contributed by atoms with Crippen molar-refractivity contribution in [1.29, 1.82) is 0 Å². The maximum Gasteiger partial charge on any atom is 0.246 e. The standard InChI is InChI=1S/C22H34N2O2/c1-18(2)5-10-22(25)24(17-20-11-14-23(3)15-12-20)16-13-19-6-8-21(26-4)9-7-19/h5-10,18,20H,11-17H2,1-4H3. The van der Waals surface area contributed by atoms with Crippen molar-refractivity contribution in [3.63, 3.8) is 0 Å². The van der Waals surface area contributed by atoms with Gasteiger partial charge in [-0.15, -0.1) is 0 Å². The average molecular weight is 359 g/mol. The number of allylic oxidation sites excluding steroid dienone is 1. The summed E-state index contributed by atoms with van der Waals surface area (Å²) >= 11 is 0. The number of benzene rings is 1. The summed E-state index contributed by atoms with van der Waals surface area (Å²) < 4.78 is 5.22. The number of piperidine rings is 1. The summed E-state index contributed by atoms with van der Waals surface area (Å²) in [5, 5.41) is 0. The van der Waals surface area contributed by atoms with Crippen LogP contribution in [0, 0.1) is 11.8 Å². The van der Waals surface area contributed by atoms with Crippen LogP contribution in [-0.2, 0) is 11.2 Å². The van der Waals surface area contributed by atoms with E-state index in [1.54, 1.807) is 13.2 Å². The molecule has 1 fully saturated rings. The fourth-order valence-electron chi connectivity index (χ4n) is 3.28. The number of hydrogen-bond donors (Lipinski definition) is 0. The number of ether oxygens (including phenoxy) is 1. The van der Waals surface area contributed by atoms with E-state index in [9.17, 15) is 4.79 Å². The van der Waals surface area contributed by atoms with Crippen molar-refractivity contribution in [3.05, 3.63) is 42.0 Å². The molecule has 1 aromatic rings. The molecule has 1 heterocycles. The van der Waals surface area contributed by atoms with Crippen molar-refractivity contribution >= 4 is 5.91 Å². The lowest BCUT2D eigenvalue weighted by Gasteiger charge is -2.33. The second-order valence-electron chi connectivity index (χ2n) is 7.73. The van der Waals surface area contributed by atoms with Crippen LogP contribution in [0.5, 0.6) is 5.75 Å². The molecule has 1 aliphatic rings. The fraction of sp³-hybridized carbons (Fsp3) is 0.591. The Morgan fingerprint density at radius 3 is 2.50 bits per heavy atom. The van der Waals surface area contributed by atoms with Crippen molar-refractivity contribution in [3.8, 4) is 5.75 Å². The minimum atomic E-state index is 0.145. The molecule has 0 unspecified atom stereocenters. The maximum atomic E-state index is 12.7. The van der Waals surface area contributed by atoms with E-state index in [4.69, 9.17) is 4.74 Å². The average Bonchev–Trinajstić information content (AvgIpc) is 2.65. The molecule has 0 aromatic heterocycles. The van der Waals surface area contributed by atoms with Crippen LogP contribution in [0.3, 0.4) is 0 Å². The third-order valence-corrected chi connectivity index (χ3v) is 5.08. The van der Waals surface area contributed by atoms with E-state index in [0.717, 1.165) is 38.3 Å². The van der Waals surface area contributed by atoms with Crippen molar-refractivity contribution in [2.45, 2.75) is 33.1 Å². The molecule has 2 rings (SSSR count). The van der Waals surface area contributed by atoms with Gasteiger partial charge in [-0.3, -0.25) is 4.79 Å². The van der Waals surface area contributed by atoms with Crippen molar-refractivity contribution < 1.29 is 9.53 Å². The molecule has 0 N–H and O–H groups in total. The third kappa shape index (κ3) is 6.83. The number of carbonyl (C=O) groups is 1. The number of likely N-dealkylation sites (tertiary alicyclic amines) is 1. The van der Waals surface area contributed by atoms with Crippen LogP contribution in [0.15, 0.2) is 36.4 Å². The molecule has 0 spiro atoms. The Kier molecular flexibility index (Phi) is 8.17. The largest absolute Gasteiger partial charge is 0.497 e. The molecule has 1 saturated heterocycles. The van der Waals surface area contributed by atoms with Crippen LogP contribution < -0.4 is 4.74 Å². The molecule has 4 nitrogen and oxygen atoms in total. The Hall–Kier alpha value is -1.81. The highest BCUT2D eigenvalue weighted by atomic mass is 16.5. The molecule has 1 amide bonds. The quantitative estimate of drug-likeness (QED) is 0.666. The molecule has 26 heavy (non-hydrogen) atoms. The van der Waals surface area contributed by atoms with Gasteiger partial charge < -0.3 is 14.5 Å². The highest BCUT2D eigenvalue weighted by molar-refractivity contribution is 5.87. The van der Waals surface area contributed by atoms with Gasteiger partial charge in [0.25, 0.3) is 0 Å². The molecule has 4 heteroatoms. The van der Waals surface area contributed by atoms with E-state index in [2.05, 4.69) is 37.9 Å². The Morgan fingerprint density at radius 1 is 1.27 bits per heavy atom. The number of carbonyl (C=O) groups excluding carboxylic acids is 1. The maximum absolute atomic E-state index is 12.7. The Bertz CT molecular complexity index is 572. The minimum absolute atomic E-state index is 0.145. The molecule has 0 saturated carbocycles. The van der Waals surface area contributed by atoms with Gasteiger partial charge in [0.2, 0.25) is 5.91 Å². The number of methoxy groups -OCH3 is 1. The summed E-state index contributed by atoms with van der Waals surface area (Å²) in [5.74, 6) is 2.02. The number of nitrogens with zero attached hydrogens (tertiary/aromatic N) is 2. The van der Waals surface area contributed by atoms with Gasteiger partial charge in [0.15, 0.2) is 0 Å². The molecule has 0 atom stereocenters. The predicted octanol–water partition coefficient (Wildman–Crippen LogP) is 3.62. The number of hydrogen-bond acceptors (Lipinski definition) is 3. The first-order valence-corrected chi connectivity index (χ1v) is 9.76. The first-order chi connectivity index (χ1) is 12.5. The van der Waals surface area contributed by atoms with Gasteiger partial charge >= 0.3 is 0 Å². The topological polar surface area (TPSA) is 32.8 Å². The SMILES string of the molecule is COc1ccc(CCN(CC2CCN(C)CC2)C(=O)C=CC(C)C)cc1. The van der Waals surface area contributed by atoms with Gasteiger partial charge in [0.1, 0.15) is 5.75 Å². The Labute approximate surface area is 158 Å². The fourth-order valence-corrected chi connectivity index (χ4v) is 3.28. The monoisotopic (exact) mass is 358 g/mol. The van der Waals surface area contributed by atoms with Crippen LogP contribution in [0.2, 0.25) is 0 Å². The molecule has 144 valence electrons. The van der Waals surface area contributed by atoms with E-state index in [0.29, 0.717) is 11.8 Å². The van der Waals surface area contributed by atoms with Gasteiger partial charge in [0.05, 0.1) is 7.11 Å². The van der Waals surface area contributed by atoms with E-state index in [1.807, 2.05) is 23.1 Å². The number of amides is 1. The summed E-state index contributed by atoms with van der Waals surface area (Å²) in [6.07, 6.45) is 6.98. The van der Waals surface area contributed by atoms with Crippen molar-refractivity contribution in [2.24, 2.45) is 11.8 Å². The zero-order valence-electron chi connectivity index (χ0n) is 16.8. The van der Waals surface area contributed by atoms with Crippen LogP contribution in [0.1, 0.15) is 32.3 Å². The first kappa shape index (κ1) is 20.5. The highest BCUT2D eigenvalue weighted by Gasteiger charge is 2.21. The van der Waals surface area contributed by atoms with Crippen LogP contribution in [-0.4, -0.2) is 56.0 Å². The smallest absolute Gasteiger partial charge is 0.246 e. The molecule has 0 radical (unpaired) electrons. The minimum Gasteiger partial charge on any atom is -0.497 e. The molecular weight excluding hydrogens is 324 g/mol. The molecule has 1 aliphatic heterocycles.